The molecule has 0 spiro atoms. The van der Waals surface area contributed by atoms with Crippen LogP contribution in [0, 0.1) is 23.7 Å². The fraction of sp³-hybridized carbons (Fsp3) is 0.500. The van der Waals surface area contributed by atoms with Gasteiger partial charge >= 0.3 is 5.97 Å². The van der Waals surface area contributed by atoms with E-state index in [-0.39, 0.29) is 17.7 Å². The van der Waals surface area contributed by atoms with Gasteiger partial charge in [-0.3, -0.25) is 14.3 Å². The van der Waals surface area contributed by atoms with Gasteiger partial charge in [0.25, 0.3) is 0 Å². The summed E-state index contributed by atoms with van der Waals surface area (Å²) in [6.45, 7) is 0.337. The number of nitrogens with zero attached hydrogens (tertiary/aromatic N) is 2. The molecule has 2 aliphatic rings. The van der Waals surface area contributed by atoms with Crippen molar-refractivity contribution < 1.29 is 14.7 Å². The quantitative estimate of drug-likeness (QED) is 0.786. The van der Waals surface area contributed by atoms with Crippen LogP contribution in [0.2, 0.25) is 0 Å². The molecule has 3 rings (SSSR count). The Bertz CT molecular complexity index is 578. The van der Waals surface area contributed by atoms with Crippen LogP contribution in [-0.4, -0.2) is 26.8 Å². The number of hydrogen-bond acceptors (Lipinski definition) is 3. The summed E-state index contributed by atoms with van der Waals surface area (Å²) in [6, 6.07) is 1.83. The van der Waals surface area contributed by atoms with Crippen molar-refractivity contribution in [3.63, 3.8) is 0 Å². The number of carbonyl (C=O) groups excluding carboxylic acids is 1. The van der Waals surface area contributed by atoms with E-state index in [1.165, 1.54) is 0 Å². The van der Waals surface area contributed by atoms with Gasteiger partial charge in [-0.25, -0.2) is 0 Å². The minimum absolute atomic E-state index is 0.00287. The molecule has 4 atom stereocenters. The largest absolute Gasteiger partial charge is 0.481 e. The Hall–Kier alpha value is -2.11. The predicted molar refractivity (Wildman–Crippen MR) is 70.4 cm³/mol. The zero-order valence-corrected chi connectivity index (χ0v) is 11.2. The van der Waals surface area contributed by atoms with Gasteiger partial charge in [-0.05, 0) is 24.3 Å². The van der Waals surface area contributed by atoms with Crippen molar-refractivity contribution in [3.8, 4) is 0 Å². The highest BCUT2D eigenvalue weighted by molar-refractivity contribution is 5.86. The van der Waals surface area contributed by atoms with Gasteiger partial charge in [0.05, 0.1) is 24.1 Å². The molecular formula is C14H17N3O3. The number of nitrogens with one attached hydrogen (secondary N) is 1. The Balaban J connectivity index is 1.67. The van der Waals surface area contributed by atoms with E-state index in [2.05, 4.69) is 10.4 Å². The number of rotatable bonds is 4. The smallest absolute Gasteiger partial charge is 0.307 e. The van der Waals surface area contributed by atoms with Crippen LogP contribution in [-0.2, 0) is 23.2 Å². The first-order valence-electron chi connectivity index (χ1n) is 6.73. The molecule has 0 aromatic carbocycles. The van der Waals surface area contributed by atoms with Crippen molar-refractivity contribution in [2.75, 3.05) is 0 Å². The summed E-state index contributed by atoms with van der Waals surface area (Å²) in [6.07, 6.45) is 6.50. The van der Waals surface area contributed by atoms with Gasteiger partial charge in [0.2, 0.25) is 5.91 Å². The summed E-state index contributed by atoms with van der Waals surface area (Å²) < 4.78 is 1.67. The summed E-state index contributed by atoms with van der Waals surface area (Å²) in [5, 5.41) is 16.3. The highest BCUT2D eigenvalue weighted by atomic mass is 16.4. The zero-order chi connectivity index (χ0) is 14.3. The van der Waals surface area contributed by atoms with Gasteiger partial charge in [0.15, 0.2) is 0 Å². The second kappa shape index (κ2) is 4.77. The van der Waals surface area contributed by atoms with Gasteiger partial charge in [-0.15, -0.1) is 0 Å². The first-order valence-corrected chi connectivity index (χ1v) is 6.73. The number of carboxylic acid groups (broad SMARTS) is 1. The molecule has 1 heterocycles. The molecule has 0 radical (unpaired) electrons. The minimum Gasteiger partial charge on any atom is -0.481 e. The Kier molecular flexibility index (Phi) is 3.08. The third-order valence-corrected chi connectivity index (χ3v) is 4.26. The van der Waals surface area contributed by atoms with E-state index in [4.69, 9.17) is 0 Å². The summed E-state index contributed by atoms with van der Waals surface area (Å²) in [5.41, 5.74) is 0.770. The van der Waals surface area contributed by atoms with E-state index in [0.717, 1.165) is 12.1 Å². The molecule has 2 N–H and O–H groups in total. The average molecular weight is 275 g/mol. The second-order valence-electron chi connectivity index (χ2n) is 5.54. The topological polar surface area (TPSA) is 84.2 Å². The second-order valence-corrected chi connectivity index (χ2v) is 5.54. The summed E-state index contributed by atoms with van der Waals surface area (Å²) >= 11 is 0. The monoisotopic (exact) mass is 275 g/mol. The van der Waals surface area contributed by atoms with Gasteiger partial charge in [0, 0.05) is 13.2 Å². The Morgan fingerprint density at radius 3 is 2.70 bits per heavy atom. The van der Waals surface area contributed by atoms with Crippen LogP contribution in [0.15, 0.2) is 24.4 Å². The van der Waals surface area contributed by atoms with Crippen LogP contribution >= 0.6 is 0 Å². The molecule has 1 aromatic heterocycles. The molecule has 2 aliphatic carbocycles. The van der Waals surface area contributed by atoms with Crippen LogP contribution in [0.4, 0.5) is 0 Å². The van der Waals surface area contributed by atoms with E-state index in [0.29, 0.717) is 6.54 Å². The number of aliphatic carboxylic acids is 1. The van der Waals surface area contributed by atoms with E-state index >= 15 is 0 Å². The minimum atomic E-state index is -0.875. The van der Waals surface area contributed by atoms with Crippen molar-refractivity contribution in [3.05, 3.63) is 30.1 Å². The number of fused-ring (bicyclic) bond motifs is 2. The number of aryl methyl sites for hydroxylation is 1. The number of amides is 1. The van der Waals surface area contributed by atoms with Crippen molar-refractivity contribution in [2.24, 2.45) is 30.7 Å². The maximum atomic E-state index is 12.3. The highest BCUT2D eigenvalue weighted by Crippen LogP contribution is 2.48. The molecule has 0 saturated heterocycles. The molecule has 1 aromatic rings. The van der Waals surface area contributed by atoms with Crippen LogP contribution in [0.3, 0.4) is 0 Å². The fourth-order valence-corrected chi connectivity index (χ4v) is 3.37. The van der Waals surface area contributed by atoms with Crippen molar-refractivity contribution in [2.45, 2.75) is 13.0 Å². The lowest BCUT2D eigenvalue weighted by Gasteiger charge is -2.23. The maximum absolute atomic E-state index is 12.3. The molecule has 106 valence electrons. The van der Waals surface area contributed by atoms with E-state index in [1.807, 2.05) is 31.5 Å². The van der Waals surface area contributed by atoms with E-state index in [1.54, 1.807) is 4.68 Å². The predicted octanol–water partition coefficient (Wildman–Crippen LogP) is 0.559. The highest BCUT2D eigenvalue weighted by Gasteiger charge is 2.51. The third-order valence-electron chi connectivity index (χ3n) is 4.26. The molecule has 6 heteroatoms. The summed E-state index contributed by atoms with van der Waals surface area (Å²) in [5.74, 6) is -2.03. The van der Waals surface area contributed by atoms with Gasteiger partial charge in [0.1, 0.15) is 0 Å². The maximum Gasteiger partial charge on any atom is 0.307 e. The molecule has 1 saturated carbocycles. The van der Waals surface area contributed by atoms with Gasteiger partial charge in [-0.2, -0.15) is 5.10 Å². The van der Waals surface area contributed by atoms with Crippen LogP contribution < -0.4 is 5.32 Å². The van der Waals surface area contributed by atoms with Gasteiger partial charge < -0.3 is 10.4 Å². The molecular weight excluding hydrogens is 258 g/mol. The molecule has 20 heavy (non-hydrogen) atoms. The SMILES string of the molecule is Cn1ccc(CNC(=O)[C@H]2C3C=CC(C3)[C@H]2C(=O)O)n1. The van der Waals surface area contributed by atoms with Crippen molar-refractivity contribution in [1.29, 1.82) is 0 Å². The Labute approximate surface area is 116 Å². The van der Waals surface area contributed by atoms with Crippen molar-refractivity contribution in [1.82, 2.24) is 15.1 Å². The average Bonchev–Trinajstić information content (AvgIpc) is 3.10. The lowest BCUT2D eigenvalue weighted by atomic mass is 9.82. The van der Waals surface area contributed by atoms with Crippen LogP contribution in [0.5, 0.6) is 0 Å². The number of aromatic nitrogens is 2. The summed E-state index contributed by atoms with van der Waals surface area (Å²) in [4.78, 5) is 23.6. The lowest BCUT2D eigenvalue weighted by Crippen LogP contribution is -2.39. The summed E-state index contributed by atoms with van der Waals surface area (Å²) in [7, 11) is 1.81. The van der Waals surface area contributed by atoms with Crippen LogP contribution in [0.25, 0.3) is 0 Å². The number of carbonyl (C=O) groups is 2. The zero-order valence-electron chi connectivity index (χ0n) is 11.2. The Morgan fingerprint density at radius 1 is 1.40 bits per heavy atom. The number of hydrogen-bond donors (Lipinski definition) is 2. The molecule has 2 unspecified atom stereocenters. The Morgan fingerprint density at radius 2 is 2.10 bits per heavy atom. The fourth-order valence-electron chi connectivity index (χ4n) is 3.37. The van der Waals surface area contributed by atoms with Crippen molar-refractivity contribution >= 4 is 11.9 Å². The standard InChI is InChI=1S/C14H17N3O3/c1-17-5-4-10(16-17)7-15-13(18)11-8-2-3-9(6-8)12(11)14(19)20/h2-5,8-9,11-12H,6-7H2,1H3,(H,15,18)(H,19,20)/t8?,9?,11-,12+/m0/s1. The molecule has 6 nitrogen and oxygen atoms in total. The van der Waals surface area contributed by atoms with Gasteiger partial charge in [-0.1, -0.05) is 12.2 Å². The first kappa shape index (κ1) is 12.9. The first-order chi connectivity index (χ1) is 9.56. The van der Waals surface area contributed by atoms with E-state index in [9.17, 15) is 14.7 Å². The third kappa shape index (κ3) is 2.11. The molecule has 2 bridgehead atoms. The molecule has 1 fully saturated rings. The number of allylic oxidation sites excluding steroid dienone is 2. The van der Waals surface area contributed by atoms with E-state index < -0.39 is 17.8 Å². The lowest BCUT2D eigenvalue weighted by molar-refractivity contribution is -0.147. The normalized spacial score (nSPS) is 30.6. The number of carboxylic acids is 1. The molecule has 0 aliphatic heterocycles. The van der Waals surface area contributed by atoms with Crippen LogP contribution in [0.1, 0.15) is 12.1 Å². The molecule has 1 amide bonds.